The molecular weight excluding hydrogens is 241 g/mol. The van der Waals surface area contributed by atoms with Crippen molar-refractivity contribution in [3.05, 3.63) is 35.6 Å². The van der Waals surface area contributed by atoms with Crippen LogP contribution >= 0.6 is 0 Å². The minimum absolute atomic E-state index is 0.154. The lowest BCUT2D eigenvalue weighted by Crippen LogP contribution is -2.31. The normalized spacial score (nSPS) is 11.8. The fourth-order valence-corrected chi connectivity index (χ4v) is 1.92. The molecule has 0 amide bonds. The van der Waals surface area contributed by atoms with Crippen molar-refractivity contribution >= 4 is 5.84 Å². The molecule has 0 aromatic heterocycles. The highest BCUT2D eigenvalue weighted by molar-refractivity contribution is 5.82. The van der Waals surface area contributed by atoms with Crippen molar-refractivity contribution in [3.8, 4) is 0 Å². The third-order valence-electron chi connectivity index (χ3n) is 3.47. The van der Waals surface area contributed by atoms with Gasteiger partial charge in [-0.25, -0.2) is 4.39 Å². The molecule has 106 valence electrons. The van der Waals surface area contributed by atoms with Crippen molar-refractivity contribution < 1.29 is 4.39 Å². The van der Waals surface area contributed by atoms with Crippen molar-refractivity contribution in [1.82, 2.24) is 4.90 Å². The van der Waals surface area contributed by atoms with Gasteiger partial charge in [0.1, 0.15) is 5.82 Å². The monoisotopic (exact) mass is 265 g/mol. The lowest BCUT2D eigenvalue weighted by atomic mass is 9.86. The zero-order valence-electron chi connectivity index (χ0n) is 12.0. The second-order valence-electron chi connectivity index (χ2n) is 5.73. The van der Waals surface area contributed by atoms with E-state index in [-0.39, 0.29) is 17.1 Å². The van der Waals surface area contributed by atoms with E-state index in [9.17, 15) is 4.39 Å². The molecule has 19 heavy (non-hydrogen) atoms. The molecule has 0 saturated heterocycles. The van der Waals surface area contributed by atoms with Gasteiger partial charge in [0.2, 0.25) is 0 Å². The van der Waals surface area contributed by atoms with E-state index >= 15 is 0 Å². The zero-order chi connectivity index (χ0) is 14.5. The van der Waals surface area contributed by atoms with E-state index in [1.807, 2.05) is 33.0 Å². The number of amidine groups is 1. The molecule has 0 heterocycles. The highest BCUT2D eigenvalue weighted by Gasteiger charge is 2.21. The summed E-state index contributed by atoms with van der Waals surface area (Å²) in [5.41, 5.74) is 6.02. The summed E-state index contributed by atoms with van der Waals surface area (Å²) in [7, 11) is 1.98. The van der Waals surface area contributed by atoms with Gasteiger partial charge >= 0.3 is 0 Å². The number of rotatable bonds is 7. The molecule has 0 aliphatic heterocycles. The molecule has 3 nitrogen and oxygen atoms in total. The third kappa shape index (κ3) is 4.99. The zero-order valence-corrected chi connectivity index (χ0v) is 12.0. The quantitative estimate of drug-likeness (QED) is 0.588. The van der Waals surface area contributed by atoms with Crippen molar-refractivity contribution in [3.63, 3.8) is 0 Å². The van der Waals surface area contributed by atoms with E-state index in [4.69, 9.17) is 11.1 Å². The lowest BCUT2D eigenvalue weighted by Gasteiger charge is -2.24. The van der Waals surface area contributed by atoms with Gasteiger partial charge in [0, 0.05) is 17.5 Å². The van der Waals surface area contributed by atoms with Crippen LogP contribution in [0.1, 0.15) is 32.3 Å². The molecule has 1 aromatic carbocycles. The van der Waals surface area contributed by atoms with Crippen molar-refractivity contribution in [1.29, 1.82) is 5.41 Å². The fourth-order valence-electron chi connectivity index (χ4n) is 1.92. The molecule has 0 saturated carbocycles. The number of hydrogen-bond acceptors (Lipinski definition) is 2. The number of nitrogens with two attached hydrogens (primary N) is 1. The summed E-state index contributed by atoms with van der Waals surface area (Å²) < 4.78 is 13.5. The molecule has 3 N–H and O–H groups in total. The van der Waals surface area contributed by atoms with Crippen LogP contribution in [0.25, 0.3) is 0 Å². The molecule has 4 heteroatoms. The number of halogens is 1. The molecule has 0 unspecified atom stereocenters. The Morgan fingerprint density at radius 3 is 2.58 bits per heavy atom. The largest absolute Gasteiger partial charge is 0.387 e. The predicted molar refractivity (Wildman–Crippen MR) is 77.7 cm³/mol. The molecule has 0 spiro atoms. The number of hydrogen-bond donors (Lipinski definition) is 2. The van der Waals surface area contributed by atoms with E-state index in [0.29, 0.717) is 6.54 Å². The molecule has 1 aromatic rings. The Labute approximate surface area is 115 Å². The number of benzene rings is 1. The molecule has 0 aliphatic rings. The topological polar surface area (TPSA) is 53.1 Å². The van der Waals surface area contributed by atoms with E-state index in [2.05, 4.69) is 4.90 Å². The van der Waals surface area contributed by atoms with Crippen molar-refractivity contribution in [2.75, 3.05) is 13.6 Å². The fraction of sp³-hybridized carbons (Fsp3) is 0.533. The first kappa shape index (κ1) is 15.6. The maximum Gasteiger partial charge on any atom is 0.127 e. The van der Waals surface area contributed by atoms with Crippen LogP contribution < -0.4 is 5.73 Å². The van der Waals surface area contributed by atoms with E-state index in [1.165, 1.54) is 6.07 Å². The van der Waals surface area contributed by atoms with Gasteiger partial charge in [-0.3, -0.25) is 5.41 Å². The van der Waals surface area contributed by atoms with Gasteiger partial charge in [-0.2, -0.15) is 0 Å². The Morgan fingerprint density at radius 1 is 1.37 bits per heavy atom. The molecule has 1 rings (SSSR count). The Balaban J connectivity index is 2.39. The average Bonchev–Trinajstić information content (AvgIpc) is 2.31. The summed E-state index contributed by atoms with van der Waals surface area (Å²) in [4.78, 5) is 2.09. The Morgan fingerprint density at radius 2 is 2.00 bits per heavy atom. The summed E-state index contributed by atoms with van der Waals surface area (Å²) in [6.07, 6.45) is 1.81. The average molecular weight is 265 g/mol. The summed E-state index contributed by atoms with van der Waals surface area (Å²) in [5, 5.41) is 7.50. The maximum atomic E-state index is 13.5. The third-order valence-corrected chi connectivity index (χ3v) is 3.47. The van der Waals surface area contributed by atoms with E-state index in [0.717, 1.165) is 24.9 Å². The van der Waals surface area contributed by atoms with Crippen LogP contribution in [0.5, 0.6) is 0 Å². The van der Waals surface area contributed by atoms with Crippen LogP contribution in [0, 0.1) is 16.6 Å². The van der Waals surface area contributed by atoms with Crippen LogP contribution in [0.2, 0.25) is 0 Å². The van der Waals surface area contributed by atoms with Gasteiger partial charge in [-0.05, 0) is 32.5 Å². The van der Waals surface area contributed by atoms with E-state index in [1.54, 1.807) is 6.07 Å². The second kappa shape index (κ2) is 6.66. The molecule has 0 aliphatic carbocycles. The molecular formula is C15H24FN3. The van der Waals surface area contributed by atoms with Gasteiger partial charge in [-0.15, -0.1) is 0 Å². The first-order valence-electron chi connectivity index (χ1n) is 6.59. The predicted octanol–water partition coefficient (Wildman–Crippen LogP) is 3.00. The van der Waals surface area contributed by atoms with Crippen LogP contribution in [0.4, 0.5) is 4.39 Å². The Bertz CT molecular complexity index is 429. The Kier molecular flexibility index (Phi) is 5.48. The van der Waals surface area contributed by atoms with Crippen molar-refractivity contribution in [2.45, 2.75) is 33.2 Å². The molecule has 0 radical (unpaired) electrons. The second-order valence-corrected chi connectivity index (χ2v) is 5.73. The minimum atomic E-state index is -0.251. The summed E-state index contributed by atoms with van der Waals surface area (Å²) in [6.45, 7) is 5.43. The molecule has 0 fully saturated rings. The van der Waals surface area contributed by atoms with Crippen molar-refractivity contribution in [2.24, 2.45) is 11.1 Å². The minimum Gasteiger partial charge on any atom is -0.387 e. The number of nitrogens with one attached hydrogen (secondary N) is 1. The first-order valence-corrected chi connectivity index (χ1v) is 6.59. The molecule has 0 bridgehead atoms. The first-order chi connectivity index (χ1) is 8.83. The lowest BCUT2D eigenvalue weighted by molar-refractivity contribution is 0.296. The SMILES string of the molecule is CN(CCCC(C)(C)C(=N)N)Cc1ccccc1F. The van der Waals surface area contributed by atoms with Gasteiger partial charge in [0.25, 0.3) is 0 Å². The smallest absolute Gasteiger partial charge is 0.127 e. The standard InChI is InChI=1S/C15H24FN3/c1-15(2,14(17)18)9-6-10-19(3)11-12-7-4-5-8-13(12)16/h4-5,7-8H,6,9-11H2,1-3H3,(H3,17,18). The highest BCUT2D eigenvalue weighted by atomic mass is 19.1. The molecule has 0 atom stereocenters. The maximum absolute atomic E-state index is 13.5. The van der Waals surface area contributed by atoms with Crippen LogP contribution in [0.15, 0.2) is 24.3 Å². The highest BCUT2D eigenvalue weighted by Crippen LogP contribution is 2.22. The number of nitrogens with zero attached hydrogens (tertiary/aromatic N) is 1. The van der Waals surface area contributed by atoms with Gasteiger partial charge < -0.3 is 10.6 Å². The van der Waals surface area contributed by atoms with Gasteiger partial charge in [0.05, 0.1) is 5.84 Å². The van der Waals surface area contributed by atoms with Gasteiger partial charge in [-0.1, -0.05) is 32.0 Å². The summed E-state index contributed by atoms with van der Waals surface area (Å²) in [5.74, 6) is 0.0719. The van der Waals surface area contributed by atoms with Crippen LogP contribution in [-0.2, 0) is 6.54 Å². The van der Waals surface area contributed by atoms with Crippen LogP contribution in [-0.4, -0.2) is 24.3 Å². The van der Waals surface area contributed by atoms with Gasteiger partial charge in [0.15, 0.2) is 0 Å². The van der Waals surface area contributed by atoms with Crippen LogP contribution in [0.3, 0.4) is 0 Å². The summed E-state index contributed by atoms with van der Waals surface area (Å²) >= 11 is 0. The summed E-state index contributed by atoms with van der Waals surface area (Å²) in [6, 6.07) is 6.85. The Hall–Kier alpha value is -1.42. The van der Waals surface area contributed by atoms with E-state index < -0.39 is 0 Å².